The topological polar surface area (TPSA) is 94.3 Å². The predicted molar refractivity (Wildman–Crippen MR) is 51.9 cm³/mol. The highest BCUT2D eigenvalue weighted by Gasteiger charge is 2.26. The molecular weight excluding hydrogens is 246 g/mol. The first-order valence-corrected chi connectivity index (χ1v) is 7.31. The van der Waals surface area contributed by atoms with E-state index in [0.29, 0.717) is 16.9 Å². The van der Waals surface area contributed by atoms with E-state index in [-0.39, 0.29) is 8.42 Å². The van der Waals surface area contributed by atoms with Crippen LogP contribution in [0.3, 0.4) is 0 Å². The fourth-order valence-electron chi connectivity index (χ4n) is 1.07. The molecule has 2 N–H and O–H groups in total. The molecule has 1 aliphatic heterocycles. The van der Waals surface area contributed by atoms with Crippen molar-refractivity contribution in [2.45, 2.75) is 8.42 Å². The Bertz CT molecular complexity index is 620. The SMILES string of the molecule is NS(=O)(=O)c1cc2c(s1)S(=O)(=O)C=C2. The first kappa shape index (κ1) is 9.84. The maximum Gasteiger partial charge on any atom is 0.247 e. The molecule has 0 spiro atoms. The third-order valence-corrected chi connectivity index (χ3v) is 6.23. The van der Waals surface area contributed by atoms with E-state index in [9.17, 15) is 16.8 Å². The summed E-state index contributed by atoms with van der Waals surface area (Å²) in [7, 11) is -7.24. The average Bonchev–Trinajstić information content (AvgIpc) is 2.51. The van der Waals surface area contributed by atoms with E-state index >= 15 is 0 Å². The molecule has 2 heterocycles. The van der Waals surface area contributed by atoms with Gasteiger partial charge in [-0.1, -0.05) is 0 Å². The molecule has 0 fully saturated rings. The van der Waals surface area contributed by atoms with E-state index in [4.69, 9.17) is 5.14 Å². The number of hydrogen-bond acceptors (Lipinski definition) is 5. The number of fused-ring (bicyclic) bond motifs is 1. The van der Waals surface area contributed by atoms with Gasteiger partial charge in [-0.2, -0.15) is 0 Å². The summed E-state index contributed by atoms with van der Waals surface area (Å²) in [5.74, 6) is 0. The molecule has 14 heavy (non-hydrogen) atoms. The second-order valence-electron chi connectivity index (χ2n) is 2.70. The van der Waals surface area contributed by atoms with Gasteiger partial charge in [0.05, 0.1) is 0 Å². The molecule has 8 heteroatoms. The summed E-state index contributed by atoms with van der Waals surface area (Å²) >= 11 is 0.672. The second-order valence-corrected chi connectivity index (χ2v) is 7.57. The number of sulfone groups is 1. The Morgan fingerprint density at radius 2 is 2.00 bits per heavy atom. The maximum absolute atomic E-state index is 11.3. The minimum atomic E-state index is -3.81. The number of sulfonamides is 1. The van der Waals surface area contributed by atoms with Crippen LogP contribution in [-0.2, 0) is 19.9 Å². The van der Waals surface area contributed by atoms with E-state index in [1.54, 1.807) is 0 Å². The van der Waals surface area contributed by atoms with E-state index in [0.717, 1.165) is 5.41 Å². The molecule has 0 bridgehead atoms. The van der Waals surface area contributed by atoms with E-state index in [1.165, 1.54) is 12.1 Å². The van der Waals surface area contributed by atoms with Crippen molar-refractivity contribution in [2.75, 3.05) is 0 Å². The highest BCUT2D eigenvalue weighted by Crippen LogP contribution is 2.36. The van der Waals surface area contributed by atoms with Crippen molar-refractivity contribution in [1.29, 1.82) is 0 Å². The van der Waals surface area contributed by atoms with Crippen LogP contribution in [0.2, 0.25) is 0 Å². The molecule has 0 radical (unpaired) electrons. The molecule has 1 aromatic heterocycles. The zero-order chi connectivity index (χ0) is 10.6. The summed E-state index contributed by atoms with van der Waals surface area (Å²) in [6.45, 7) is 0. The van der Waals surface area contributed by atoms with Crippen LogP contribution >= 0.6 is 11.3 Å². The molecule has 76 valence electrons. The molecule has 0 amide bonds. The molecule has 0 aromatic carbocycles. The number of rotatable bonds is 1. The Balaban J connectivity index is 2.74. The van der Waals surface area contributed by atoms with Crippen LogP contribution in [0.1, 0.15) is 5.56 Å². The summed E-state index contributed by atoms with van der Waals surface area (Å²) in [5, 5.41) is 5.91. The molecule has 2 rings (SSSR count). The molecule has 0 saturated carbocycles. The van der Waals surface area contributed by atoms with Crippen LogP contribution in [0.25, 0.3) is 6.08 Å². The van der Waals surface area contributed by atoms with Gasteiger partial charge in [0, 0.05) is 11.0 Å². The van der Waals surface area contributed by atoms with Crippen molar-refractivity contribution < 1.29 is 16.8 Å². The molecule has 1 aromatic rings. The van der Waals surface area contributed by atoms with Gasteiger partial charge in [-0.25, -0.2) is 22.0 Å². The van der Waals surface area contributed by atoms with Crippen LogP contribution in [0, 0.1) is 0 Å². The number of hydrogen-bond donors (Lipinski definition) is 1. The Kier molecular flexibility index (Phi) is 1.87. The third kappa shape index (κ3) is 1.40. The quantitative estimate of drug-likeness (QED) is 0.768. The van der Waals surface area contributed by atoms with Gasteiger partial charge in [0.1, 0.15) is 8.42 Å². The van der Waals surface area contributed by atoms with Gasteiger partial charge in [-0.05, 0) is 12.1 Å². The predicted octanol–water partition coefficient (Wildman–Crippen LogP) is 0.154. The van der Waals surface area contributed by atoms with Crippen LogP contribution in [0.15, 0.2) is 19.9 Å². The van der Waals surface area contributed by atoms with Crippen LogP contribution in [0.4, 0.5) is 0 Å². The zero-order valence-corrected chi connectivity index (χ0v) is 9.12. The Labute approximate surface area is 84.8 Å². The molecule has 0 aliphatic carbocycles. The van der Waals surface area contributed by atoms with Crippen molar-refractivity contribution in [1.82, 2.24) is 0 Å². The largest absolute Gasteiger partial charge is 0.247 e. The lowest BCUT2D eigenvalue weighted by Gasteiger charge is -1.89. The number of thiophene rings is 1. The summed E-state index contributed by atoms with van der Waals surface area (Å²) in [5.41, 5.74) is 0.388. The molecule has 0 saturated heterocycles. The first-order valence-electron chi connectivity index (χ1n) is 3.40. The van der Waals surface area contributed by atoms with Crippen molar-refractivity contribution >= 4 is 37.3 Å². The van der Waals surface area contributed by atoms with Gasteiger partial charge < -0.3 is 0 Å². The fourth-order valence-corrected chi connectivity index (χ4v) is 4.65. The van der Waals surface area contributed by atoms with Gasteiger partial charge >= 0.3 is 0 Å². The van der Waals surface area contributed by atoms with Crippen molar-refractivity contribution in [2.24, 2.45) is 5.14 Å². The summed E-state index contributed by atoms with van der Waals surface area (Å²) in [6.07, 6.45) is 1.36. The molecule has 0 atom stereocenters. The van der Waals surface area contributed by atoms with Gasteiger partial charge in [-0.3, -0.25) is 0 Å². The molecule has 5 nitrogen and oxygen atoms in total. The first-order chi connectivity index (χ1) is 6.31. The van der Waals surface area contributed by atoms with Gasteiger partial charge in [-0.15, -0.1) is 11.3 Å². The van der Waals surface area contributed by atoms with Crippen molar-refractivity contribution in [3.63, 3.8) is 0 Å². The van der Waals surface area contributed by atoms with Crippen LogP contribution in [0.5, 0.6) is 0 Å². The van der Waals surface area contributed by atoms with E-state index < -0.39 is 19.9 Å². The number of primary sulfonamides is 1. The fraction of sp³-hybridized carbons (Fsp3) is 0. The Morgan fingerprint density at radius 3 is 2.50 bits per heavy atom. The smallest absolute Gasteiger partial charge is 0.224 e. The second kappa shape index (κ2) is 2.66. The highest BCUT2D eigenvalue weighted by atomic mass is 32.3. The third-order valence-electron chi connectivity index (χ3n) is 1.67. The van der Waals surface area contributed by atoms with Gasteiger partial charge in [0.2, 0.25) is 19.9 Å². The van der Waals surface area contributed by atoms with Gasteiger partial charge in [0.15, 0.2) is 0 Å². The zero-order valence-electron chi connectivity index (χ0n) is 6.67. The van der Waals surface area contributed by atoms with Crippen LogP contribution in [-0.4, -0.2) is 16.8 Å². The standard InChI is InChI=1S/C6H5NO4S3/c7-14(10,11)5-3-4-1-2-13(8,9)6(4)12-5/h1-3H,(H2,7,10,11). The van der Waals surface area contributed by atoms with E-state index in [1.807, 2.05) is 0 Å². The lowest BCUT2D eigenvalue weighted by Crippen LogP contribution is -2.10. The normalized spacial score (nSPS) is 18.4. The molecule has 0 unspecified atom stereocenters. The maximum atomic E-state index is 11.3. The summed E-state index contributed by atoms with van der Waals surface area (Å²) in [6, 6.07) is 1.26. The minimum Gasteiger partial charge on any atom is -0.224 e. The monoisotopic (exact) mass is 251 g/mol. The minimum absolute atomic E-state index is 0.0431. The lowest BCUT2D eigenvalue weighted by atomic mass is 10.3. The number of nitrogens with two attached hydrogens (primary N) is 1. The van der Waals surface area contributed by atoms with E-state index in [2.05, 4.69) is 0 Å². The molecular formula is C6H5NO4S3. The molecule has 1 aliphatic rings. The van der Waals surface area contributed by atoms with Crippen molar-refractivity contribution in [3.05, 3.63) is 17.0 Å². The highest BCUT2D eigenvalue weighted by molar-refractivity contribution is 7.97. The average molecular weight is 251 g/mol. The Hall–Kier alpha value is -0.700. The Morgan fingerprint density at radius 1 is 1.36 bits per heavy atom. The summed E-state index contributed by atoms with van der Waals surface area (Å²) < 4.78 is 44.3. The van der Waals surface area contributed by atoms with Crippen LogP contribution < -0.4 is 5.14 Å². The van der Waals surface area contributed by atoms with Gasteiger partial charge in [0.25, 0.3) is 0 Å². The lowest BCUT2D eigenvalue weighted by molar-refractivity contribution is 0.599. The van der Waals surface area contributed by atoms with Crippen molar-refractivity contribution in [3.8, 4) is 0 Å². The summed E-state index contributed by atoms with van der Waals surface area (Å²) in [4.78, 5) is 0.